The Hall–Kier alpha value is -1.83. The second-order valence-electron chi connectivity index (χ2n) is 7.27. The average molecular weight is 368 g/mol. The molecule has 3 aromatic carbocycles. The molecular formula is C24H30ClN. The van der Waals surface area contributed by atoms with Crippen LogP contribution in [0.2, 0.25) is 0 Å². The highest BCUT2D eigenvalue weighted by Gasteiger charge is 2.22. The summed E-state index contributed by atoms with van der Waals surface area (Å²) >= 11 is 0. The molecule has 2 N–H and O–H groups in total. The van der Waals surface area contributed by atoms with Crippen molar-refractivity contribution in [2.75, 3.05) is 0 Å². The highest BCUT2D eigenvalue weighted by molar-refractivity contribution is 5.86. The smallest absolute Gasteiger partial charge is 0.138 e. The lowest BCUT2D eigenvalue weighted by atomic mass is 9.90. The third-order valence-corrected chi connectivity index (χ3v) is 4.99. The molecule has 0 heterocycles. The van der Waals surface area contributed by atoms with Crippen LogP contribution >= 0.6 is 0 Å². The van der Waals surface area contributed by atoms with Gasteiger partial charge in [-0.1, -0.05) is 62.4 Å². The van der Waals surface area contributed by atoms with Crippen molar-refractivity contribution in [2.24, 2.45) is 0 Å². The minimum atomic E-state index is 0. The van der Waals surface area contributed by atoms with Crippen molar-refractivity contribution >= 4 is 10.8 Å². The largest absolute Gasteiger partial charge is 1.00 e. The summed E-state index contributed by atoms with van der Waals surface area (Å²) < 4.78 is 0. The molecule has 0 aliphatic heterocycles. The summed E-state index contributed by atoms with van der Waals surface area (Å²) in [6.07, 6.45) is 2.18. The second kappa shape index (κ2) is 9.21. The zero-order valence-electron chi connectivity index (χ0n) is 16.3. The normalized spacial score (nSPS) is 12.2. The Morgan fingerprint density at radius 3 is 2.04 bits per heavy atom. The number of fused-ring (bicyclic) bond motifs is 1. The van der Waals surface area contributed by atoms with Crippen LogP contribution in [0.3, 0.4) is 0 Å². The molecule has 0 aromatic heterocycles. The van der Waals surface area contributed by atoms with Crippen molar-refractivity contribution in [1.29, 1.82) is 0 Å². The molecule has 3 aromatic rings. The molecule has 0 aliphatic rings. The van der Waals surface area contributed by atoms with E-state index in [1.54, 1.807) is 0 Å². The van der Waals surface area contributed by atoms with E-state index >= 15 is 0 Å². The Morgan fingerprint density at radius 1 is 0.808 bits per heavy atom. The first-order chi connectivity index (χ1) is 12.1. The average Bonchev–Trinajstić information content (AvgIpc) is 2.65. The van der Waals surface area contributed by atoms with Gasteiger partial charge in [0.2, 0.25) is 0 Å². The molecule has 0 radical (unpaired) electrons. The maximum Gasteiger partial charge on any atom is 0.138 e. The monoisotopic (exact) mass is 367 g/mol. The fraction of sp³-hybridized carbons (Fsp3) is 0.333. The number of rotatable bonds is 6. The lowest BCUT2D eigenvalue weighted by Crippen LogP contribution is -3.00. The summed E-state index contributed by atoms with van der Waals surface area (Å²) in [6.45, 7) is 9.06. The maximum absolute atomic E-state index is 2.50. The minimum absolute atomic E-state index is 0. The predicted molar refractivity (Wildman–Crippen MR) is 108 cm³/mol. The van der Waals surface area contributed by atoms with Crippen LogP contribution in [0.1, 0.15) is 56.0 Å². The van der Waals surface area contributed by atoms with Crippen molar-refractivity contribution in [2.45, 2.75) is 52.6 Å². The molecule has 0 fully saturated rings. The first-order valence-corrected chi connectivity index (χ1v) is 9.57. The molecule has 0 unspecified atom stereocenters. The quantitative estimate of drug-likeness (QED) is 0.686. The van der Waals surface area contributed by atoms with E-state index in [0.29, 0.717) is 12.1 Å². The number of nitrogens with two attached hydrogens (primary N) is 1. The molecule has 0 spiro atoms. The van der Waals surface area contributed by atoms with Crippen molar-refractivity contribution in [3.8, 4) is 0 Å². The predicted octanol–water partition coefficient (Wildman–Crippen LogP) is 2.03. The van der Waals surface area contributed by atoms with Gasteiger partial charge in [-0.25, -0.2) is 0 Å². The number of hydrogen-bond donors (Lipinski definition) is 1. The summed E-state index contributed by atoms with van der Waals surface area (Å²) in [5.74, 6) is 0. The molecule has 0 saturated carbocycles. The molecule has 0 aliphatic carbocycles. The molecular weight excluding hydrogens is 338 g/mol. The van der Waals surface area contributed by atoms with Gasteiger partial charge in [-0.05, 0) is 60.7 Å². The topological polar surface area (TPSA) is 16.6 Å². The highest BCUT2D eigenvalue weighted by Crippen LogP contribution is 2.28. The van der Waals surface area contributed by atoms with E-state index < -0.39 is 0 Å². The Balaban J connectivity index is 0.00000243. The Bertz CT molecular complexity index is 826. The molecule has 3 rings (SSSR count). The molecule has 0 amide bonds. The van der Waals surface area contributed by atoms with E-state index in [0.717, 1.165) is 12.8 Å². The summed E-state index contributed by atoms with van der Waals surface area (Å²) in [5.41, 5.74) is 5.73. The summed E-state index contributed by atoms with van der Waals surface area (Å²) in [5, 5.41) is 5.19. The number of quaternary nitrogens is 1. The van der Waals surface area contributed by atoms with Crippen LogP contribution < -0.4 is 17.7 Å². The van der Waals surface area contributed by atoms with Gasteiger partial charge in [-0.3, -0.25) is 0 Å². The van der Waals surface area contributed by atoms with E-state index in [-0.39, 0.29) is 12.4 Å². The number of aryl methyl sites for hydroxylation is 2. The Morgan fingerprint density at radius 2 is 1.42 bits per heavy atom. The van der Waals surface area contributed by atoms with Gasteiger partial charge in [0.15, 0.2) is 0 Å². The van der Waals surface area contributed by atoms with Crippen LogP contribution in [0.25, 0.3) is 10.8 Å². The fourth-order valence-electron chi connectivity index (χ4n) is 3.68. The van der Waals surface area contributed by atoms with Gasteiger partial charge in [0.1, 0.15) is 6.04 Å². The van der Waals surface area contributed by atoms with E-state index in [1.807, 2.05) is 0 Å². The minimum Gasteiger partial charge on any atom is -1.00 e. The van der Waals surface area contributed by atoms with Crippen molar-refractivity contribution in [3.05, 3.63) is 82.9 Å². The molecule has 0 bridgehead atoms. The number of halogens is 1. The first kappa shape index (κ1) is 20.5. The van der Waals surface area contributed by atoms with Gasteiger partial charge in [0.25, 0.3) is 0 Å². The van der Waals surface area contributed by atoms with Crippen LogP contribution in [0.5, 0.6) is 0 Å². The lowest BCUT2D eigenvalue weighted by Gasteiger charge is -2.22. The SMILES string of the molecule is CCc1cc(CC)cc([C@H]([NH2+]C(C)C)c2cccc3ccccc23)c1.[Cl-]. The van der Waals surface area contributed by atoms with E-state index in [1.165, 1.54) is 33.0 Å². The second-order valence-corrected chi connectivity index (χ2v) is 7.27. The third-order valence-electron chi connectivity index (χ3n) is 4.99. The fourth-order valence-corrected chi connectivity index (χ4v) is 3.68. The van der Waals surface area contributed by atoms with E-state index in [9.17, 15) is 0 Å². The van der Waals surface area contributed by atoms with Crippen LogP contribution in [0.4, 0.5) is 0 Å². The lowest BCUT2D eigenvalue weighted by molar-refractivity contribution is -0.713. The zero-order chi connectivity index (χ0) is 17.8. The molecule has 1 nitrogen and oxygen atoms in total. The van der Waals surface area contributed by atoms with Crippen LogP contribution in [-0.4, -0.2) is 6.04 Å². The van der Waals surface area contributed by atoms with Crippen molar-refractivity contribution < 1.29 is 17.7 Å². The van der Waals surface area contributed by atoms with Gasteiger partial charge in [0.05, 0.1) is 6.04 Å². The first-order valence-electron chi connectivity index (χ1n) is 9.57. The number of hydrogen-bond acceptors (Lipinski definition) is 0. The Kier molecular flexibility index (Phi) is 7.25. The summed E-state index contributed by atoms with van der Waals surface area (Å²) in [6, 6.07) is 23.5. The van der Waals surface area contributed by atoms with E-state index in [2.05, 4.69) is 93.7 Å². The molecule has 26 heavy (non-hydrogen) atoms. The van der Waals surface area contributed by atoms with Gasteiger partial charge < -0.3 is 17.7 Å². The summed E-state index contributed by atoms with van der Waals surface area (Å²) in [4.78, 5) is 0. The highest BCUT2D eigenvalue weighted by atomic mass is 35.5. The summed E-state index contributed by atoms with van der Waals surface area (Å²) in [7, 11) is 0. The number of benzene rings is 3. The standard InChI is InChI=1S/C24H29N.ClH/c1-5-18-14-19(6-2)16-21(15-18)24(25-17(3)4)23-13-9-11-20-10-7-8-12-22(20)23;/h7-17,24-25H,5-6H2,1-4H3;1H/t24-;/m0./s1. The molecule has 2 heteroatoms. The zero-order valence-corrected chi connectivity index (χ0v) is 17.1. The van der Waals surface area contributed by atoms with E-state index in [4.69, 9.17) is 0 Å². The third kappa shape index (κ3) is 4.47. The van der Waals surface area contributed by atoms with Gasteiger partial charge in [0, 0.05) is 11.1 Å². The van der Waals surface area contributed by atoms with Gasteiger partial charge in [-0.2, -0.15) is 0 Å². The van der Waals surface area contributed by atoms with Crippen molar-refractivity contribution in [1.82, 2.24) is 0 Å². The molecule has 1 atom stereocenters. The Labute approximate surface area is 164 Å². The molecule has 0 saturated heterocycles. The molecule has 138 valence electrons. The van der Waals surface area contributed by atoms with Crippen LogP contribution in [0.15, 0.2) is 60.7 Å². The van der Waals surface area contributed by atoms with Crippen LogP contribution in [0, 0.1) is 0 Å². The maximum atomic E-state index is 2.50. The van der Waals surface area contributed by atoms with Crippen LogP contribution in [-0.2, 0) is 12.8 Å². The van der Waals surface area contributed by atoms with Crippen molar-refractivity contribution in [3.63, 3.8) is 0 Å². The van der Waals surface area contributed by atoms with Gasteiger partial charge in [-0.15, -0.1) is 0 Å². The van der Waals surface area contributed by atoms with Gasteiger partial charge >= 0.3 is 0 Å².